The van der Waals surface area contributed by atoms with Crippen molar-refractivity contribution in [3.8, 4) is 0 Å². The smallest absolute Gasteiger partial charge is 0.252 e. The number of aromatic nitrogens is 1. The normalized spacial score (nSPS) is 24.3. The van der Waals surface area contributed by atoms with Gasteiger partial charge in [-0.1, -0.05) is 29.3 Å². The molecule has 5 rings (SSSR count). The fourth-order valence-electron chi connectivity index (χ4n) is 6.11. The Morgan fingerprint density at radius 1 is 1.12 bits per heavy atom. The lowest BCUT2D eigenvalue weighted by Crippen LogP contribution is -2.57. The van der Waals surface area contributed by atoms with Gasteiger partial charge in [0.15, 0.2) is 0 Å². The van der Waals surface area contributed by atoms with Crippen molar-refractivity contribution in [2.24, 2.45) is 0 Å². The van der Waals surface area contributed by atoms with Crippen molar-refractivity contribution in [1.82, 2.24) is 20.1 Å². The summed E-state index contributed by atoms with van der Waals surface area (Å²) in [6.45, 7) is 7.40. The van der Waals surface area contributed by atoms with Crippen LogP contribution < -0.4 is 10.2 Å². The number of nitrogens with one attached hydrogen (secondary N) is 1. The van der Waals surface area contributed by atoms with Gasteiger partial charge < -0.3 is 10.2 Å². The van der Waals surface area contributed by atoms with Crippen molar-refractivity contribution in [2.45, 2.75) is 50.7 Å². The van der Waals surface area contributed by atoms with E-state index in [9.17, 15) is 4.79 Å². The van der Waals surface area contributed by atoms with Crippen LogP contribution in [0.25, 0.3) is 0 Å². The van der Waals surface area contributed by atoms with Crippen LogP contribution in [0.3, 0.4) is 0 Å². The molecule has 1 aromatic heterocycles. The van der Waals surface area contributed by atoms with Gasteiger partial charge in [-0.25, -0.2) is 4.98 Å². The zero-order valence-electron chi connectivity index (χ0n) is 19.9. The highest BCUT2D eigenvalue weighted by atomic mass is 35.5. The molecule has 1 aromatic carbocycles. The number of nitrogens with zero attached hydrogens (tertiary/aromatic N) is 4. The van der Waals surface area contributed by atoms with E-state index in [-0.39, 0.29) is 7.33 Å². The number of carbonyl (C=O) groups excluding carboxylic acids is 1. The van der Waals surface area contributed by atoms with E-state index in [0.29, 0.717) is 28.7 Å². The summed E-state index contributed by atoms with van der Waals surface area (Å²) in [6, 6.07) is 9.74. The first-order valence-corrected chi connectivity index (χ1v) is 13.1. The molecule has 1 amide bonds. The minimum Gasteiger partial charge on any atom is -0.355 e. The van der Waals surface area contributed by atoms with Crippen molar-refractivity contribution < 1.29 is 6.22 Å². The monoisotopic (exact) mass is 503 g/mol. The third-order valence-electron chi connectivity index (χ3n) is 7.85. The second kappa shape index (κ2) is 10.0. The van der Waals surface area contributed by atoms with Crippen LogP contribution in [0.4, 0.5) is 5.82 Å². The van der Waals surface area contributed by atoms with Crippen LogP contribution in [0.5, 0.6) is 0 Å². The molecule has 0 unspecified atom stereocenters. The second-order valence-corrected chi connectivity index (χ2v) is 10.6. The molecule has 3 heterocycles. The topological polar surface area (TPSA) is 51.7 Å². The molecule has 2 atom stereocenters. The molecule has 0 saturated carbocycles. The molecule has 2 saturated heterocycles. The molecule has 1 aliphatic carbocycles. The van der Waals surface area contributed by atoms with Crippen molar-refractivity contribution in [3.63, 3.8) is 0 Å². The van der Waals surface area contributed by atoms with Gasteiger partial charge in [-0.15, -0.1) is 0 Å². The highest BCUT2D eigenvalue weighted by molar-refractivity contribution is 6.33. The molecule has 0 bridgehead atoms. The fourth-order valence-corrected chi connectivity index (χ4v) is 6.59. The number of piperidine rings is 1. The highest BCUT2D eigenvalue weighted by Crippen LogP contribution is 2.39. The van der Waals surface area contributed by atoms with Gasteiger partial charge in [0.1, 0.15) is 5.82 Å². The Hall–Kier alpha value is -1.86. The Balaban J connectivity index is 0.00000289. The van der Waals surface area contributed by atoms with E-state index in [1.165, 1.54) is 30.4 Å². The van der Waals surface area contributed by atoms with Crippen LogP contribution in [0.1, 0.15) is 55.1 Å². The molecule has 184 valence electrons. The zero-order valence-corrected chi connectivity index (χ0v) is 21.4. The maximum atomic E-state index is 11.9. The van der Waals surface area contributed by atoms with Crippen molar-refractivity contribution >= 4 is 34.9 Å². The summed E-state index contributed by atoms with van der Waals surface area (Å²) in [4.78, 5) is 24.0. The van der Waals surface area contributed by atoms with Crippen LogP contribution in [0.2, 0.25) is 10.0 Å². The number of anilines is 1. The van der Waals surface area contributed by atoms with Crippen molar-refractivity contribution in [1.29, 1.82) is 0 Å². The Morgan fingerprint density at radius 3 is 2.62 bits per heavy atom. The maximum Gasteiger partial charge on any atom is 0.252 e. The number of likely N-dealkylation sites (tertiary alicyclic amines) is 1. The summed E-state index contributed by atoms with van der Waals surface area (Å²) < 4.78 is 0. The summed E-state index contributed by atoms with van der Waals surface area (Å²) in [5.41, 5.74) is 3.40. The number of halogens is 2. The van der Waals surface area contributed by atoms with Crippen LogP contribution in [0.15, 0.2) is 30.5 Å². The Kier molecular flexibility index (Phi) is 7.03. The van der Waals surface area contributed by atoms with Crippen LogP contribution in [-0.2, 0) is 6.42 Å². The SMILES string of the molecule is CNC(=O)c1cnc(N2CCN(C3CCN([C@@H]4CCc5cc(Cl)ccc54)CC3)[C@@H](C)C2)c(Cl)c1.[HH]. The summed E-state index contributed by atoms with van der Waals surface area (Å²) in [6.07, 6.45) is 6.39. The van der Waals surface area contributed by atoms with E-state index in [2.05, 4.69) is 44.1 Å². The number of aryl methyl sites for hydroxylation is 1. The molecule has 2 aromatic rings. The Bertz CT molecular complexity index is 1060. The molecule has 0 radical (unpaired) electrons. The first kappa shape index (κ1) is 23.9. The number of amides is 1. The number of benzene rings is 1. The molecule has 6 nitrogen and oxygen atoms in total. The first-order chi connectivity index (χ1) is 16.4. The van der Waals surface area contributed by atoms with E-state index >= 15 is 0 Å². The fraction of sp³-hybridized carbons (Fsp3) is 0.538. The molecule has 8 heteroatoms. The number of rotatable bonds is 4. The second-order valence-electron chi connectivity index (χ2n) is 9.81. The number of piperazine rings is 1. The van der Waals surface area contributed by atoms with Gasteiger partial charge in [0, 0.05) is 70.5 Å². The van der Waals surface area contributed by atoms with Gasteiger partial charge in [-0.05, 0) is 61.9 Å². The van der Waals surface area contributed by atoms with Gasteiger partial charge in [-0.3, -0.25) is 14.6 Å². The van der Waals surface area contributed by atoms with Gasteiger partial charge in [0.05, 0.1) is 10.6 Å². The largest absolute Gasteiger partial charge is 0.355 e. The van der Waals surface area contributed by atoms with Gasteiger partial charge in [0.2, 0.25) is 0 Å². The van der Waals surface area contributed by atoms with Gasteiger partial charge in [0.25, 0.3) is 5.91 Å². The third kappa shape index (κ3) is 4.66. The number of pyridine rings is 1. The first-order valence-electron chi connectivity index (χ1n) is 12.3. The van der Waals surface area contributed by atoms with E-state index in [1.54, 1.807) is 19.3 Å². The number of hydrogen-bond donors (Lipinski definition) is 1. The summed E-state index contributed by atoms with van der Waals surface area (Å²) in [5, 5.41) is 4.01. The molecule has 2 fully saturated rings. The highest BCUT2D eigenvalue weighted by Gasteiger charge is 2.35. The van der Waals surface area contributed by atoms with Crippen molar-refractivity contribution in [3.05, 3.63) is 57.2 Å². The number of hydrogen-bond acceptors (Lipinski definition) is 5. The van der Waals surface area contributed by atoms with Crippen LogP contribution in [-0.4, -0.2) is 72.5 Å². The lowest BCUT2D eigenvalue weighted by Gasteiger charge is -2.47. The van der Waals surface area contributed by atoms with Gasteiger partial charge in [-0.2, -0.15) is 0 Å². The molecule has 2 aliphatic heterocycles. The molecular weight excluding hydrogens is 469 g/mol. The minimum atomic E-state index is -0.171. The van der Waals surface area contributed by atoms with Crippen molar-refractivity contribution in [2.75, 3.05) is 44.7 Å². The average Bonchev–Trinajstić information content (AvgIpc) is 3.26. The molecular formula is C26H35Cl2N5O. The molecule has 3 aliphatic rings. The lowest BCUT2D eigenvalue weighted by atomic mass is 9.97. The number of carbonyl (C=O) groups is 1. The van der Waals surface area contributed by atoms with E-state index < -0.39 is 0 Å². The minimum absolute atomic E-state index is 0. The Morgan fingerprint density at radius 2 is 1.91 bits per heavy atom. The predicted molar refractivity (Wildman–Crippen MR) is 140 cm³/mol. The summed E-state index contributed by atoms with van der Waals surface area (Å²) in [7, 11) is 1.61. The quantitative estimate of drug-likeness (QED) is 0.657. The average molecular weight is 505 g/mol. The molecule has 0 spiro atoms. The van der Waals surface area contributed by atoms with Gasteiger partial charge >= 0.3 is 0 Å². The summed E-state index contributed by atoms with van der Waals surface area (Å²) >= 11 is 12.7. The molecule has 34 heavy (non-hydrogen) atoms. The standard InChI is InChI=1S/C26H33Cl2N5O.H2/c1-17-16-32(25-23(28)14-19(15-30-25)26(34)29-2)11-12-33(17)21-7-9-31(10-8-21)24-6-3-18-13-20(27)4-5-22(18)24;/h4-5,13-15,17,21,24H,3,6-12,16H2,1-2H3,(H,29,34);1H/t17-,24+;/m0./s1. The number of fused-ring (bicyclic) bond motifs is 1. The maximum absolute atomic E-state index is 11.9. The predicted octanol–water partition coefficient (Wildman–Crippen LogP) is 4.66. The third-order valence-corrected chi connectivity index (χ3v) is 8.36. The van der Waals surface area contributed by atoms with Crippen LogP contribution >= 0.6 is 23.2 Å². The van der Waals surface area contributed by atoms with E-state index in [4.69, 9.17) is 23.2 Å². The van der Waals surface area contributed by atoms with E-state index in [0.717, 1.165) is 50.0 Å². The zero-order chi connectivity index (χ0) is 23.8. The molecule has 1 N–H and O–H groups in total. The van der Waals surface area contributed by atoms with E-state index in [1.807, 2.05) is 6.07 Å². The lowest BCUT2D eigenvalue weighted by molar-refractivity contribution is 0.0554. The van der Waals surface area contributed by atoms with Crippen LogP contribution in [0, 0.1) is 0 Å². The Labute approximate surface area is 213 Å². The summed E-state index contributed by atoms with van der Waals surface area (Å²) in [5.74, 6) is 0.603.